The molecule has 19 aromatic rings. The van der Waals surface area contributed by atoms with Gasteiger partial charge < -0.3 is 0 Å². The molecule has 130 heavy (non-hydrogen) atoms. The molecule has 0 atom stereocenters. The summed E-state index contributed by atoms with van der Waals surface area (Å²) in [5.41, 5.74) is 31.9. The summed E-state index contributed by atoms with van der Waals surface area (Å²) in [5.74, 6) is 6.03. The van der Waals surface area contributed by atoms with Gasteiger partial charge >= 0.3 is 0 Å². The zero-order valence-electron chi connectivity index (χ0n) is 75.6. The highest BCUT2D eigenvalue weighted by molar-refractivity contribution is 6.00. The van der Waals surface area contributed by atoms with E-state index in [1.807, 2.05) is 158 Å². The standard InChI is InChI=1S/C45H37N3.C43H35N3.C33H29N3/c1-44(2)39-25-14-13-22-36(39)38-24-15-23-37(40(38)45(44,3)4)35-21-12-11-20-34(35)30-26-28-33(29-27-30)43-47-41(31-16-7-5-8-17-31)46-42(48-43)32-18-9-6-10-19-32;1-42(2)37-22-14-13-21-34(37)35-24-23-30(27-38(35)43(42,3)4)32-25-31-19-11-12-20-33(31)36(26-32)41-45-39(28-15-7-5-8-16-28)44-40(46-41)29-17-9-6-10-18-29;1-32(2)27-18-12-11-17-25(27)26-20-19-24(21-28(26)33(32,3)4)31-35-29(22-13-7-5-8-14-22)34-30(36-31)23-15-9-6-10-16-23/h5-29H,1-4H3;5-27H,1-4H3;5-21H,1-4H3. The van der Waals surface area contributed by atoms with Gasteiger partial charge in [0.1, 0.15) is 0 Å². The Morgan fingerprint density at radius 2 is 0.392 bits per heavy atom. The van der Waals surface area contributed by atoms with Crippen molar-refractivity contribution in [1.29, 1.82) is 0 Å². The Morgan fingerprint density at radius 3 is 0.792 bits per heavy atom. The van der Waals surface area contributed by atoms with Gasteiger partial charge in [-0.2, -0.15) is 0 Å². The Labute approximate surface area is 763 Å². The second-order valence-corrected chi connectivity index (χ2v) is 37.6. The van der Waals surface area contributed by atoms with Gasteiger partial charge in [-0.25, -0.2) is 44.9 Å². The zero-order valence-corrected chi connectivity index (χ0v) is 75.6. The van der Waals surface area contributed by atoms with Crippen molar-refractivity contribution < 1.29 is 0 Å². The van der Waals surface area contributed by atoms with Gasteiger partial charge in [0.05, 0.1) is 0 Å². The number of hydrogen-bond acceptors (Lipinski definition) is 9. The van der Waals surface area contributed by atoms with Crippen LogP contribution in [-0.4, -0.2) is 44.9 Å². The predicted octanol–water partition coefficient (Wildman–Crippen LogP) is 30.5. The molecule has 9 heteroatoms. The number of nitrogens with zero attached hydrogens (tertiary/aromatic N) is 9. The molecule has 0 fully saturated rings. The average molecular weight is 1680 g/mol. The van der Waals surface area contributed by atoms with Gasteiger partial charge in [-0.3, -0.25) is 0 Å². The molecule has 0 saturated carbocycles. The fourth-order valence-corrected chi connectivity index (χ4v) is 19.6. The quantitative estimate of drug-likeness (QED) is 0.118. The van der Waals surface area contributed by atoms with Crippen LogP contribution in [-0.2, 0) is 32.5 Å². The smallest absolute Gasteiger partial charge is 0.164 e. The van der Waals surface area contributed by atoms with Crippen LogP contribution in [0.1, 0.15) is 116 Å². The van der Waals surface area contributed by atoms with Gasteiger partial charge in [-0.15, -0.1) is 0 Å². The summed E-state index contributed by atoms with van der Waals surface area (Å²) in [6, 6.07) is 139. The summed E-state index contributed by atoms with van der Waals surface area (Å²) >= 11 is 0. The van der Waals surface area contributed by atoms with Crippen molar-refractivity contribution in [3.05, 3.63) is 428 Å². The van der Waals surface area contributed by atoms with E-state index in [1.54, 1.807) is 0 Å². The van der Waals surface area contributed by atoms with Crippen molar-refractivity contribution in [2.45, 2.75) is 116 Å². The van der Waals surface area contributed by atoms with E-state index in [4.69, 9.17) is 44.9 Å². The minimum Gasteiger partial charge on any atom is -0.208 e. The number of benzene rings is 16. The second-order valence-electron chi connectivity index (χ2n) is 37.6. The SMILES string of the molecule is CC1(C)c2ccccc2-c2ccc(-c3cc(-c4nc(-c5ccccc5)nc(-c5ccccc5)n4)c4ccccc4c3)cc2C1(C)C.CC1(C)c2ccccc2-c2ccc(-c3nc(-c4ccccc4)nc(-c4ccccc4)n3)cc2C1(C)C.CC1(C)c2ccccc2-c2cccc(-c3ccccc3-c3ccc(-c4nc(-c5ccccc5)nc(-c5ccccc5)n4)cc3)c2C1(C)C. The Morgan fingerprint density at radius 1 is 0.138 bits per heavy atom. The maximum atomic E-state index is 5.10. The molecule has 9 nitrogen and oxygen atoms in total. The fourth-order valence-electron chi connectivity index (χ4n) is 19.6. The van der Waals surface area contributed by atoms with Gasteiger partial charge in [-0.05, 0) is 162 Å². The highest BCUT2D eigenvalue weighted by Crippen LogP contribution is 2.59. The number of hydrogen-bond donors (Lipinski definition) is 0. The third-order valence-corrected chi connectivity index (χ3v) is 28.9. The third kappa shape index (κ3) is 14.8. The molecule has 0 saturated heterocycles. The summed E-state index contributed by atoms with van der Waals surface area (Å²) in [6.07, 6.45) is 0. The normalized spacial score (nSPS) is 14.5. The molecule has 3 aliphatic carbocycles. The van der Waals surface area contributed by atoms with Gasteiger partial charge in [0.15, 0.2) is 52.4 Å². The topological polar surface area (TPSA) is 116 Å². The molecule has 0 aliphatic heterocycles. The lowest BCUT2D eigenvalue weighted by atomic mass is 9.54. The van der Waals surface area contributed by atoms with E-state index in [1.165, 1.54) is 89.0 Å². The number of fused-ring (bicyclic) bond motifs is 10. The summed E-state index contributed by atoms with van der Waals surface area (Å²) in [4.78, 5) is 44.6. The van der Waals surface area contributed by atoms with Crippen LogP contribution in [0.5, 0.6) is 0 Å². The van der Waals surface area contributed by atoms with Crippen molar-refractivity contribution in [1.82, 2.24) is 44.9 Å². The van der Waals surface area contributed by atoms with Crippen molar-refractivity contribution in [3.8, 4) is 169 Å². The summed E-state index contributed by atoms with van der Waals surface area (Å²) in [7, 11) is 0. The largest absolute Gasteiger partial charge is 0.208 e. The summed E-state index contributed by atoms with van der Waals surface area (Å²) < 4.78 is 0. The fraction of sp³-hybridized carbons (Fsp3) is 0.149. The van der Waals surface area contributed by atoms with E-state index in [2.05, 4.69) is 320 Å². The first-order chi connectivity index (χ1) is 63.0. The lowest BCUT2D eigenvalue weighted by Crippen LogP contribution is -2.43. The summed E-state index contributed by atoms with van der Waals surface area (Å²) in [6.45, 7) is 28.5. The second kappa shape index (κ2) is 33.2. The average Bonchev–Trinajstić information content (AvgIpc) is 0.698. The van der Waals surface area contributed by atoms with Gasteiger partial charge in [0.25, 0.3) is 0 Å². The predicted molar refractivity (Wildman–Crippen MR) is 537 cm³/mol. The molecule has 3 aromatic heterocycles. The first-order valence-corrected chi connectivity index (χ1v) is 45.1. The van der Waals surface area contributed by atoms with Crippen molar-refractivity contribution in [3.63, 3.8) is 0 Å². The van der Waals surface area contributed by atoms with Crippen LogP contribution in [0.4, 0.5) is 0 Å². The molecule has 0 unspecified atom stereocenters. The van der Waals surface area contributed by atoms with E-state index in [-0.39, 0.29) is 32.5 Å². The van der Waals surface area contributed by atoms with Gasteiger partial charge in [-0.1, -0.05) is 453 Å². The highest BCUT2D eigenvalue weighted by atomic mass is 15.1. The van der Waals surface area contributed by atoms with E-state index in [9.17, 15) is 0 Å². The van der Waals surface area contributed by atoms with Crippen molar-refractivity contribution in [2.24, 2.45) is 0 Å². The Bertz CT molecular complexity index is 7320. The third-order valence-electron chi connectivity index (χ3n) is 28.9. The van der Waals surface area contributed by atoms with Crippen LogP contribution in [0.2, 0.25) is 0 Å². The molecule has 0 amide bonds. The molecule has 16 aromatic carbocycles. The molecular formula is C121H101N9. The molecule has 0 spiro atoms. The zero-order chi connectivity index (χ0) is 89.3. The summed E-state index contributed by atoms with van der Waals surface area (Å²) in [5, 5.41) is 2.27. The molecule has 3 aliphatic rings. The molecule has 0 N–H and O–H groups in total. The van der Waals surface area contributed by atoms with E-state index < -0.39 is 0 Å². The van der Waals surface area contributed by atoms with Crippen LogP contribution in [0, 0.1) is 0 Å². The Balaban J connectivity index is 0.000000123. The minimum absolute atomic E-state index is 0.0291. The highest BCUT2D eigenvalue weighted by Gasteiger charge is 2.49. The van der Waals surface area contributed by atoms with E-state index >= 15 is 0 Å². The first-order valence-electron chi connectivity index (χ1n) is 45.1. The molecule has 22 rings (SSSR count). The molecule has 0 radical (unpaired) electrons. The van der Waals surface area contributed by atoms with E-state index in [0.29, 0.717) is 52.4 Å². The molecule has 3 heterocycles. The molecule has 0 bridgehead atoms. The maximum Gasteiger partial charge on any atom is 0.164 e. The Kier molecular flexibility index (Phi) is 21.2. The van der Waals surface area contributed by atoms with Gasteiger partial charge in [0, 0.05) is 55.5 Å². The molecule has 630 valence electrons. The minimum atomic E-state index is -0.101. The molecular weight excluding hydrogens is 1580 g/mol. The van der Waals surface area contributed by atoms with Crippen LogP contribution in [0.15, 0.2) is 394 Å². The lowest BCUT2D eigenvalue weighted by Gasteiger charge is -2.49. The van der Waals surface area contributed by atoms with Crippen molar-refractivity contribution >= 4 is 10.8 Å². The first kappa shape index (κ1) is 83.1. The number of rotatable bonds is 12. The van der Waals surface area contributed by atoms with Gasteiger partial charge in [0.2, 0.25) is 0 Å². The van der Waals surface area contributed by atoms with Crippen LogP contribution in [0.3, 0.4) is 0 Å². The maximum absolute atomic E-state index is 5.10. The van der Waals surface area contributed by atoms with Crippen LogP contribution >= 0.6 is 0 Å². The van der Waals surface area contributed by atoms with Crippen LogP contribution in [0.25, 0.3) is 180 Å². The Hall–Kier alpha value is -15.2. The number of aromatic nitrogens is 9. The van der Waals surface area contributed by atoms with Crippen molar-refractivity contribution in [2.75, 3.05) is 0 Å². The monoisotopic (exact) mass is 1680 g/mol. The van der Waals surface area contributed by atoms with E-state index in [0.717, 1.165) is 72.0 Å². The van der Waals surface area contributed by atoms with Crippen LogP contribution < -0.4 is 0 Å². The lowest BCUT2D eigenvalue weighted by molar-refractivity contribution is 0.299.